The van der Waals surface area contributed by atoms with Crippen LogP contribution in [0.3, 0.4) is 0 Å². The molecule has 0 saturated heterocycles. The molecule has 11 heteroatoms. The van der Waals surface area contributed by atoms with E-state index in [0.717, 1.165) is 12.1 Å². The fourth-order valence-electron chi connectivity index (χ4n) is 2.89. The lowest BCUT2D eigenvalue weighted by molar-refractivity contribution is -0.137. The van der Waals surface area contributed by atoms with Crippen LogP contribution in [-0.4, -0.2) is 29.5 Å². The van der Waals surface area contributed by atoms with E-state index >= 15 is 0 Å². The highest BCUT2D eigenvalue weighted by molar-refractivity contribution is 7.13. The normalized spacial score (nSPS) is 15.2. The summed E-state index contributed by atoms with van der Waals surface area (Å²) in [5.74, 6) is -0.118. The second-order valence-corrected chi connectivity index (χ2v) is 7.66. The molecule has 32 heavy (non-hydrogen) atoms. The fraction of sp³-hybridized carbons (Fsp3) is 0.190. The number of hydrogen-bond acceptors (Lipinski definition) is 6. The molecule has 0 aliphatic carbocycles. The topological polar surface area (TPSA) is 89.6 Å². The molecule has 2 aromatic carbocycles. The maximum Gasteiger partial charge on any atom is 0.416 e. The van der Waals surface area contributed by atoms with Crippen LogP contribution in [0.4, 0.5) is 13.2 Å². The van der Waals surface area contributed by atoms with Gasteiger partial charge in [0.1, 0.15) is 11.6 Å². The Kier molecular flexibility index (Phi) is 5.99. The predicted molar refractivity (Wildman–Crippen MR) is 109 cm³/mol. The lowest BCUT2D eigenvalue weighted by atomic mass is 10.1. The quantitative estimate of drug-likeness (QED) is 0.580. The van der Waals surface area contributed by atoms with E-state index in [9.17, 15) is 22.8 Å². The van der Waals surface area contributed by atoms with Crippen molar-refractivity contribution < 1.29 is 32.2 Å². The van der Waals surface area contributed by atoms with Crippen molar-refractivity contribution in [3.63, 3.8) is 0 Å². The average molecular weight is 463 g/mol. The van der Waals surface area contributed by atoms with Gasteiger partial charge in [0, 0.05) is 10.9 Å². The van der Waals surface area contributed by atoms with E-state index in [-0.39, 0.29) is 13.0 Å². The number of hydrogen-bond donors (Lipinski definition) is 2. The number of carbonyl (C=O) groups is 2. The summed E-state index contributed by atoms with van der Waals surface area (Å²) in [7, 11) is 0. The first-order chi connectivity index (χ1) is 15.3. The highest BCUT2D eigenvalue weighted by atomic mass is 32.1. The molecule has 166 valence electrons. The molecule has 1 unspecified atom stereocenters. The number of nitrogens with zero attached hydrogens (tertiary/aromatic N) is 1. The molecule has 0 radical (unpaired) electrons. The molecule has 2 N–H and O–H groups in total. The van der Waals surface area contributed by atoms with Crippen molar-refractivity contribution in [1.82, 2.24) is 15.8 Å². The van der Waals surface area contributed by atoms with Gasteiger partial charge in [-0.25, -0.2) is 4.98 Å². The Morgan fingerprint density at radius 2 is 1.78 bits per heavy atom. The summed E-state index contributed by atoms with van der Waals surface area (Å²) in [4.78, 5) is 28.6. The number of alkyl halides is 3. The van der Waals surface area contributed by atoms with Crippen molar-refractivity contribution in [2.24, 2.45) is 0 Å². The summed E-state index contributed by atoms with van der Waals surface area (Å²) in [6, 6.07) is 11.5. The first-order valence-corrected chi connectivity index (χ1v) is 10.3. The van der Waals surface area contributed by atoms with Crippen LogP contribution in [0.15, 0.2) is 53.9 Å². The highest BCUT2D eigenvalue weighted by Crippen LogP contribution is 2.32. The summed E-state index contributed by atoms with van der Waals surface area (Å²) < 4.78 is 49.1. The van der Waals surface area contributed by atoms with Crippen LogP contribution in [0.1, 0.15) is 11.3 Å². The zero-order chi connectivity index (χ0) is 22.7. The fourth-order valence-corrected chi connectivity index (χ4v) is 3.72. The van der Waals surface area contributed by atoms with E-state index in [1.807, 2.05) is 0 Å². The molecule has 1 aliphatic heterocycles. The zero-order valence-corrected chi connectivity index (χ0v) is 17.1. The molecule has 4 rings (SSSR count). The number of ether oxygens (including phenoxy) is 2. The number of amides is 2. The summed E-state index contributed by atoms with van der Waals surface area (Å²) in [5.41, 5.74) is 4.76. The number of rotatable bonds is 4. The smallest absolute Gasteiger partial charge is 0.416 e. The van der Waals surface area contributed by atoms with Gasteiger partial charge in [0.05, 0.1) is 17.7 Å². The van der Waals surface area contributed by atoms with E-state index < -0.39 is 29.7 Å². The molecule has 0 fully saturated rings. The van der Waals surface area contributed by atoms with Crippen LogP contribution in [0.2, 0.25) is 0 Å². The number of thiazole rings is 1. The molecule has 2 heterocycles. The number of halogens is 3. The molecule has 7 nitrogen and oxygen atoms in total. The van der Waals surface area contributed by atoms with Gasteiger partial charge in [-0.3, -0.25) is 20.4 Å². The Hall–Kier alpha value is -3.60. The van der Waals surface area contributed by atoms with Crippen LogP contribution in [0.25, 0.3) is 10.6 Å². The summed E-state index contributed by atoms with van der Waals surface area (Å²) in [6.07, 6.45) is -5.45. The molecule has 0 saturated carbocycles. The van der Waals surface area contributed by atoms with E-state index in [1.54, 1.807) is 29.6 Å². The van der Waals surface area contributed by atoms with Gasteiger partial charge < -0.3 is 9.47 Å². The Bertz CT molecular complexity index is 1130. The minimum Gasteiger partial charge on any atom is -0.485 e. The van der Waals surface area contributed by atoms with Crippen molar-refractivity contribution in [3.8, 4) is 22.1 Å². The van der Waals surface area contributed by atoms with Gasteiger partial charge in [-0.05, 0) is 24.3 Å². The number of aromatic nitrogens is 1. The molecule has 0 spiro atoms. The molecular weight excluding hydrogens is 447 g/mol. The van der Waals surface area contributed by atoms with Crippen molar-refractivity contribution in [2.45, 2.75) is 18.7 Å². The summed E-state index contributed by atoms with van der Waals surface area (Å²) >= 11 is 1.20. The average Bonchev–Trinajstić information content (AvgIpc) is 3.25. The third-order valence-corrected chi connectivity index (χ3v) is 5.42. The van der Waals surface area contributed by atoms with E-state index in [2.05, 4.69) is 15.8 Å². The van der Waals surface area contributed by atoms with E-state index in [4.69, 9.17) is 9.47 Å². The van der Waals surface area contributed by atoms with Crippen LogP contribution >= 0.6 is 11.3 Å². The van der Waals surface area contributed by atoms with Crippen molar-refractivity contribution in [3.05, 3.63) is 65.2 Å². The van der Waals surface area contributed by atoms with Gasteiger partial charge >= 0.3 is 6.18 Å². The van der Waals surface area contributed by atoms with Gasteiger partial charge in [0.15, 0.2) is 11.5 Å². The largest absolute Gasteiger partial charge is 0.485 e. The van der Waals surface area contributed by atoms with Crippen LogP contribution < -0.4 is 20.3 Å². The van der Waals surface area contributed by atoms with Gasteiger partial charge in [0.25, 0.3) is 5.91 Å². The Labute approximate surface area is 184 Å². The van der Waals surface area contributed by atoms with Gasteiger partial charge in [-0.15, -0.1) is 11.3 Å². The second-order valence-electron chi connectivity index (χ2n) is 6.80. The van der Waals surface area contributed by atoms with Crippen LogP contribution in [-0.2, 0) is 22.2 Å². The predicted octanol–water partition coefficient (Wildman–Crippen LogP) is 3.36. The summed E-state index contributed by atoms with van der Waals surface area (Å²) in [5, 5.41) is 2.11. The number of hydrazine groups is 1. The lowest BCUT2D eigenvalue weighted by Crippen LogP contribution is -2.51. The van der Waals surface area contributed by atoms with Crippen LogP contribution in [0.5, 0.6) is 11.5 Å². The Morgan fingerprint density at radius 3 is 2.50 bits per heavy atom. The standard InChI is InChI=1S/C21H16F3N3O4S/c22-21(23,24)13-7-5-12(6-8-13)20-25-14(11-32-20)9-18(28)26-27-19(29)17-10-30-15-3-1-2-4-16(15)31-17/h1-8,11,17H,9-10H2,(H,26,28)(H,27,29). The maximum atomic E-state index is 12.7. The number of fused-ring (bicyclic) bond motifs is 1. The van der Waals surface area contributed by atoms with Crippen molar-refractivity contribution in [1.29, 1.82) is 0 Å². The van der Waals surface area contributed by atoms with Crippen LogP contribution in [0, 0.1) is 0 Å². The molecule has 1 aromatic heterocycles. The van der Waals surface area contributed by atoms with Gasteiger partial charge in [0.2, 0.25) is 12.0 Å². The van der Waals surface area contributed by atoms with Gasteiger partial charge in [-0.1, -0.05) is 24.3 Å². The van der Waals surface area contributed by atoms with E-state index in [1.165, 1.54) is 23.5 Å². The number of benzene rings is 2. The van der Waals surface area contributed by atoms with E-state index in [0.29, 0.717) is 27.8 Å². The Balaban J connectivity index is 1.29. The molecule has 1 atom stereocenters. The Morgan fingerprint density at radius 1 is 1.06 bits per heavy atom. The monoisotopic (exact) mass is 463 g/mol. The molecule has 0 bridgehead atoms. The number of para-hydroxylation sites is 2. The molecule has 2 amide bonds. The minimum absolute atomic E-state index is 0.00128. The first-order valence-electron chi connectivity index (χ1n) is 9.39. The third-order valence-electron chi connectivity index (χ3n) is 4.48. The number of carbonyl (C=O) groups excluding carboxylic acids is 2. The SMILES string of the molecule is O=C(Cc1csc(-c2ccc(C(F)(F)F)cc2)n1)NNC(=O)C1COc2ccccc2O1. The minimum atomic E-state index is -4.41. The molecule has 3 aromatic rings. The van der Waals surface area contributed by atoms with Crippen molar-refractivity contribution >= 4 is 23.2 Å². The maximum absolute atomic E-state index is 12.7. The van der Waals surface area contributed by atoms with Crippen molar-refractivity contribution in [2.75, 3.05) is 6.61 Å². The van der Waals surface area contributed by atoms with Gasteiger partial charge in [-0.2, -0.15) is 13.2 Å². The highest BCUT2D eigenvalue weighted by Gasteiger charge is 2.30. The summed E-state index contributed by atoms with van der Waals surface area (Å²) in [6.45, 7) is 0.00128. The number of nitrogens with one attached hydrogen (secondary N) is 2. The molecular formula is C21H16F3N3O4S. The zero-order valence-electron chi connectivity index (χ0n) is 16.3. The second kappa shape index (κ2) is 8.87. The lowest BCUT2D eigenvalue weighted by Gasteiger charge is -2.25. The third kappa shape index (κ3) is 4.99. The molecule has 1 aliphatic rings. The first kappa shape index (κ1) is 21.6.